The first-order valence-electron chi connectivity index (χ1n) is 11.3. The zero-order valence-corrected chi connectivity index (χ0v) is 20.1. The Kier molecular flexibility index (Phi) is 7.32. The van der Waals surface area contributed by atoms with Crippen LogP contribution in [0.4, 0.5) is 10.5 Å². The molecule has 0 aromatic heterocycles. The highest BCUT2D eigenvalue weighted by Gasteiger charge is 2.27. The van der Waals surface area contributed by atoms with E-state index in [1.807, 2.05) is 40.7 Å². The van der Waals surface area contributed by atoms with E-state index in [4.69, 9.17) is 19.9 Å². The Morgan fingerprint density at radius 2 is 1.82 bits per heavy atom. The van der Waals surface area contributed by atoms with Crippen LogP contribution in [0.1, 0.15) is 75.4 Å². The predicted octanol–water partition coefficient (Wildman–Crippen LogP) is 5.17. The molecule has 1 fully saturated rings. The second-order valence-electron chi connectivity index (χ2n) is 9.82. The van der Waals surface area contributed by atoms with Gasteiger partial charge < -0.3 is 25.3 Å². The molecule has 7 heteroatoms. The van der Waals surface area contributed by atoms with Crippen molar-refractivity contribution in [2.75, 3.05) is 12.3 Å². The third-order valence-corrected chi connectivity index (χ3v) is 5.33. The van der Waals surface area contributed by atoms with E-state index in [0.29, 0.717) is 29.2 Å². The third-order valence-electron chi connectivity index (χ3n) is 5.33. The Labute approximate surface area is 195 Å². The van der Waals surface area contributed by atoms with Crippen molar-refractivity contribution in [3.63, 3.8) is 0 Å². The van der Waals surface area contributed by atoms with Gasteiger partial charge in [-0.3, -0.25) is 4.79 Å². The third kappa shape index (κ3) is 6.71. The number of carbonyl (C=O) groups excluding carboxylic acids is 2. The number of carbonyl (C=O) groups is 2. The Morgan fingerprint density at radius 3 is 2.48 bits per heavy atom. The van der Waals surface area contributed by atoms with Crippen LogP contribution in [-0.2, 0) is 15.0 Å². The fourth-order valence-electron chi connectivity index (χ4n) is 3.60. The highest BCUT2D eigenvalue weighted by Crippen LogP contribution is 2.27. The lowest BCUT2D eigenvalue weighted by Crippen LogP contribution is -2.43. The summed E-state index contributed by atoms with van der Waals surface area (Å²) in [5, 5.41) is 2.87. The van der Waals surface area contributed by atoms with Gasteiger partial charge in [-0.05, 0) is 77.3 Å². The van der Waals surface area contributed by atoms with Crippen molar-refractivity contribution in [3.05, 3.63) is 59.2 Å². The van der Waals surface area contributed by atoms with E-state index in [-0.39, 0.29) is 12.1 Å². The van der Waals surface area contributed by atoms with Crippen molar-refractivity contribution in [2.45, 2.75) is 71.3 Å². The van der Waals surface area contributed by atoms with E-state index in [1.165, 1.54) is 0 Å². The summed E-state index contributed by atoms with van der Waals surface area (Å²) in [4.78, 5) is 25.6. The number of amides is 1. The first-order valence-corrected chi connectivity index (χ1v) is 11.3. The average molecular weight is 455 g/mol. The number of anilines is 1. The molecule has 7 nitrogen and oxygen atoms in total. The lowest BCUT2D eigenvalue weighted by molar-refractivity contribution is -0.105. The number of hydrogen-bond acceptors (Lipinski definition) is 6. The fraction of sp³-hybridized carbons (Fsp3) is 0.462. The van der Waals surface area contributed by atoms with Crippen molar-refractivity contribution in [3.8, 4) is 5.75 Å². The molecular formula is C26H34N2O5. The number of benzene rings is 2. The Balaban J connectivity index is 1.80. The molecule has 178 valence electrons. The molecule has 3 N–H and O–H groups in total. The van der Waals surface area contributed by atoms with Gasteiger partial charge in [0.2, 0.25) is 0 Å². The van der Waals surface area contributed by atoms with Gasteiger partial charge >= 0.3 is 6.09 Å². The molecule has 1 atom stereocenters. The molecule has 1 amide bonds. The standard InChI is InChI=1S/C26H34N2O5/c1-25(2,3)33-24(30)28-26(4,5)18-10-8-9-17(15-18)23(29)20-16-19(12-13-21(20)27)32-22-11-6-7-14-31-22/h8-10,12-13,15-16,22H,6-7,11,14,27H2,1-5H3,(H,28,30). The van der Waals surface area contributed by atoms with Crippen LogP contribution < -0.4 is 15.8 Å². The number of ketones is 1. The molecule has 1 heterocycles. The van der Waals surface area contributed by atoms with Gasteiger partial charge in [-0.15, -0.1) is 0 Å². The number of nitrogens with one attached hydrogen (secondary N) is 1. The molecule has 2 aromatic carbocycles. The van der Waals surface area contributed by atoms with Crippen molar-refractivity contribution in [1.29, 1.82) is 0 Å². The Bertz CT molecular complexity index is 1000. The van der Waals surface area contributed by atoms with E-state index < -0.39 is 17.2 Å². The van der Waals surface area contributed by atoms with Crippen LogP contribution in [0.2, 0.25) is 0 Å². The molecule has 0 radical (unpaired) electrons. The molecule has 1 unspecified atom stereocenters. The summed E-state index contributed by atoms with van der Waals surface area (Å²) in [6, 6.07) is 12.2. The number of rotatable bonds is 6. The zero-order valence-electron chi connectivity index (χ0n) is 20.1. The minimum atomic E-state index is -0.756. The van der Waals surface area contributed by atoms with Crippen LogP contribution in [0.15, 0.2) is 42.5 Å². The minimum Gasteiger partial charge on any atom is -0.465 e. The van der Waals surface area contributed by atoms with Gasteiger partial charge in [-0.25, -0.2) is 4.79 Å². The second-order valence-corrected chi connectivity index (χ2v) is 9.82. The van der Waals surface area contributed by atoms with Crippen LogP contribution >= 0.6 is 0 Å². The molecule has 0 saturated carbocycles. The summed E-state index contributed by atoms with van der Waals surface area (Å²) in [6.45, 7) is 9.80. The molecular weight excluding hydrogens is 420 g/mol. The smallest absolute Gasteiger partial charge is 0.408 e. The minimum absolute atomic E-state index is 0.225. The monoisotopic (exact) mass is 454 g/mol. The van der Waals surface area contributed by atoms with Crippen molar-refractivity contribution in [1.82, 2.24) is 5.32 Å². The normalized spacial score (nSPS) is 16.7. The summed E-state index contributed by atoms with van der Waals surface area (Å²) < 4.78 is 16.9. The average Bonchev–Trinajstić information content (AvgIpc) is 2.73. The van der Waals surface area contributed by atoms with Gasteiger partial charge in [0, 0.05) is 23.2 Å². The van der Waals surface area contributed by atoms with Gasteiger partial charge in [0.1, 0.15) is 11.4 Å². The van der Waals surface area contributed by atoms with Gasteiger partial charge in [-0.1, -0.05) is 18.2 Å². The summed E-state index contributed by atoms with van der Waals surface area (Å²) in [6.07, 6.45) is 2.05. The summed E-state index contributed by atoms with van der Waals surface area (Å²) in [5.41, 5.74) is 6.72. The van der Waals surface area contributed by atoms with Crippen molar-refractivity contribution < 1.29 is 23.8 Å². The number of nitrogen functional groups attached to an aromatic ring is 1. The quantitative estimate of drug-likeness (QED) is 0.462. The van der Waals surface area contributed by atoms with E-state index in [1.54, 1.807) is 36.4 Å². The molecule has 0 bridgehead atoms. The largest absolute Gasteiger partial charge is 0.465 e. The number of ether oxygens (including phenoxy) is 3. The Hall–Kier alpha value is -3.06. The molecule has 1 aliphatic heterocycles. The van der Waals surface area contributed by atoms with Gasteiger partial charge in [0.15, 0.2) is 12.1 Å². The fourth-order valence-corrected chi connectivity index (χ4v) is 3.60. The van der Waals surface area contributed by atoms with Gasteiger partial charge in [0.25, 0.3) is 0 Å². The van der Waals surface area contributed by atoms with Gasteiger partial charge in [0.05, 0.1) is 12.1 Å². The van der Waals surface area contributed by atoms with E-state index >= 15 is 0 Å². The van der Waals surface area contributed by atoms with E-state index in [2.05, 4.69) is 5.32 Å². The lowest BCUT2D eigenvalue weighted by Gasteiger charge is -2.29. The topological polar surface area (TPSA) is 99.9 Å². The maximum Gasteiger partial charge on any atom is 0.408 e. The van der Waals surface area contributed by atoms with Crippen molar-refractivity contribution >= 4 is 17.6 Å². The number of hydrogen-bond donors (Lipinski definition) is 2. The first kappa shape index (κ1) is 24.6. The van der Waals surface area contributed by atoms with Crippen LogP contribution in [0, 0.1) is 0 Å². The molecule has 1 saturated heterocycles. The van der Waals surface area contributed by atoms with E-state index in [9.17, 15) is 9.59 Å². The Morgan fingerprint density at radius 1 is 1.06 bits per heavy atom. The first-order chi connectivity index (χ1) is 15.4. The van der Waals surface area contributed by atoms with E-state index in [0.717, 1.165) is 24.8 Å². The molecule has 0 spiro atoms. The number of nitrogens with two attached hydrogens (primary N) is 1. The highest BCUT2D eigenvalue weighted by molar-refractivity contribution is 6.12. The maximum atomic E-state index is 13.3. The van der Waals surface area contributed by atoms with Crippen LogP contribution in [0.25, 0.3) is 0 Å². The lowest BCUT2D eigenvalue weighted by atomic mass is 9.91. The molecule has 3 rings (SSSR count). The maximum absolute atomic E-state index is 13.3. The predicted molar refractivity (Wildman–Crippen MR) is 127 cm³/mol. The zero-order chi connectivity index (χ0) is 24.2. The highest BCUT2D eigenvalue weighted by atomic mass is 16.7. The number of alkyl carbamates (subject to hydrolysis) is 1. The summed E-state index contributed by atoms with van der Waals surface area (Å²) in [7, 11) is 0. The van der Waals surface area contributed by atoms with Crippen LogP contribution in [-0.4, -0.2) is 30.4 Å². The summed E-state index contributed by atoms with van der Waals surface area (Å²) >= 11 is 0. The summed E-state index contributed by atoms with van der Waals surface area (Å²) in [5.74, 6) is 0.319. The molecule has 1 aliphatic rings. The van der Waals surface area contributed by atoms with Gasteiger partial charge in [-0.2, -0.15) is 0 Å². The second kappa shape index (κ2) is 9.83. The van der Waals surface area contributed by atoms with Crippen molar-refractivity contribution in [2.24, 2.45) is 0 Å². The molecule has 2 aromatic rings. The molecule has 33 heavy (non-hydrogen) atoms. The van der Waals surface area contributed by atoms with Crippen LogP contribution in [0.5, 0.6) is 5.75 Å². The van der Waals surface area contributed by atoms with Crippen LogP contribution in [0.3, 0.4) is 0 Å². The SMILES string of the molecule is CC(C)(C)OC(=O)NC(C)(C)c1cccc(C(=O)c2cc(OC3CCCCO3)ccc2N)c1. The molecule has 0 aliphatic carbocycles.